The fraction of sp³-hybridized carbons (Fsp3) is 0.409. The predicted octanol–water partition coefficient (Wildman–Crippen LogP) is 7.30. The SMILES string of the molecule is CC(C)(C#Cc1ccc(-c2ccc(Cl)c3c(N(C(=O)[C@@H]4C[C@H]4C(=O)O)S(C)(=O)=O)nn(CC(F)(F)F)c23)c(C(Cc2cc(F)cc(F)c2)NC(=O)Cn2nc(C(F)(F)F)c3c2C(F)(F)[C@@H]2C[C@H]32)n1)S(C)(=O)=O. The minimum absolute atomic E-state index is 0.0115. The lowest BCUT2D eigenvalue weighted by molar-refractivity contribution is -0.143. The van der Waals surface area contributed by atoms with Gasteiger partial charge in [-0.15, -0.1) is 0 Å². The largest absolute Gasteiger partial charge is 0.481 e. The Morgan fingerprint density at radius 2 is 1.57 bits per heavy atom. The number of benzene rings is 2. The number of carbonyl (C=O) groups is 3. The number of alkyl halides is 8. The van der Waals surface area contributed by atoms with Crippen LogP contribution in [0.1, 0.15) is 72.6 Å². The fourth-order valence-corrected chi connectivity index (χ4v) is 10.1. The van der Waals surface area contributed by atoms with Crippen molar-refractivity contribution in [1.29, 1.82) is 0 Å². The molecule has 3 aromatic heterocycles. The molecule has 72 heavy (non-hydrogen) atoms. The third kappa shape index (κ3) is 9.83. The number of nitrogens with one attached hydrogen (secondary N) is 1. The highest BCUT2D eigenvalue weighted by Gasteiger charge is 2.68. The summed E-state index contributed by atoms with van der Waals surface area (Å²) in [5.74, 6) is -11.8. The summed E-state index contributed by atoms with van der Waals surface area (Å²) >= 11 is 6.61. The van der Waals surface area contributed by atoms with Gasteiger partial charge in [-0.05, 0) is 80.8 Å². The van der Waals surface area contributed by atoms with Crippen molar-refractivity contribution in [3.05, 3.63) is 93.0 Å². The van der Waals surface area contributed by atoms with E-state index in [1.165, 1.54) is 13.8 Å². The monoisotopic (exact) mass is 1080 g/mol. The summed E-state index contributed by atoms with van der Waals surface area (Å²) in [6.07, 6.45) is -10.4. The van der Waals surface area contributed by atoms with Crippen LogP contribution < -0.4 is 9.62 Å². The van der Waals surface area contributed by atoms with Gasteiger partial charge in [0.05, 0.1) is 45.8 Å². The number of hydrogen-bond acceptors (Lipinski definition) is 10. The fourth-order valence-electron chi connectivity index (χ4n) is 8.72. The molecule has 2 fully saturated rings. The Hall–Kier alpha value is -6.27. The normalized spacial score (nSPS) is 19.8. The van der Waals surface area contributed by atoms with Gasteiger partial charge in [0, 0.05) is 34.9 Å². The summed E-state index contributed by atoms with van der Waals surface area (Å²) in [4.78, 5) is 44.2. The van der Waals surface area contributed by atoms with Crippen LogP contribution in [-0.4, -0.2) is 87.7 Å². The molecule has 28 heteroatoms. The van der Waals surface area contributed by atoms with Gasteiger partial charge < -0.3 is 10.4 Å². The molecule has 5 atom stereocenters. The lowest BCUT2D eigenvalue weighted by atomic mass is 9.93. The van der Waals surface area contributed by atoms with Crippen molar-refractivity contribution >= 4 is 66.0 Å². The van der Waals surface area contributed by atoms with Crippen molar-refractivity contribution in [2.24, 2.45) is 17.8 Å². The van der Waals surface area contributed by atoms with Crippen LogP contribution in [0, 0.1) is 41.2 Å². The molecule has 0 spiro atoms. The van der Waals surface area contributed by atoms with Gasteiger partial charge in [0.1, 0.15) is 40.9 Å². The van der Waals surface area contributed by atoms with Crippen LogP contribution in [0.3, 0.4) is 0 Å². The number of nitrogens with zero attached hydrogens (tertiary/aromatic N) is 6. The number of sulfone groups is 1. The van der Waals surface area contributed by atoms with Crippen molar-refractivity contribution in [3.63, 3.8) is 0 Å². The zero-order valence-electron chi connectivity index (χ0n) is 37.4. The topological polar surface area (TPSA) is 204 Å². The average Bonchev–Trinajstić information content (AvgIpc) is 4.12. The van der Waals surface area contributed by atoms with Gasteiger partial charge in [-0.2, -0.15) is 49.6 Å². The Morgan fingerprint density at radius 1 is 0.931 bits per heavy atom. The van der Waals surface area contributed by atoms with Gasteiger partial charge in [0.2, 0.25) is 21.8 Å². The van der Waals surface area contributed by atoms with Crippen molar-refractivity contribution < 1.29 is 80.2 Å². The molecule has 0 bridgehead atoms. The maximum absolute atomic E-state index is 15.6. The minimum atomic E-state index is -5.23. The smallest absolute Gasteiger partial charge is 0.435 e. The molecule has 0 aliphatic heterocycles. The number of hydrogen-bond donors (Lipinski definition) is 2. The first-order valence-corrected chi connectivity index (χ1v) is 25.3. The summed E-state index contributed by atoms with van der Waals surface area (Å²) in [5, 5.41) is 18.0. The average molecular weight is 1080 g/mol. The van der Waals surface area contributed by atoms with Crippen LogP contribution in [0.25, 0.3) is 22.0 Å². The molecule has 3 heterocycles. The van der Waals surface area contributed by atoms with Crippen LogP contribution in [0.4, 0.5) is 49.7 Å². The summed E-state index contributed by atoms with van der Waals surface area (Å²) in [5.41, 5.74) is -6.09. The van der Waals surface area contributed by atoms with E-state index >= 15 is 8.78 Å². The van der Waals surface area contributed by atoms with E-state index in [4.69, 9.17) is 11.6 Å². The van der Waals surface area contributed by atoms with E-state index in [9.17, 15) is 71.4 Å². The zero-order chi connectivity index (χ0) is 53.2. The Morgan fingerprint density at radius 3 is 2.14 bits per heavy atom. The van der Waals surface area contributed by atoms with E-state index in [1.807, 2.05) is 0 Å². The molecule has 3 aliphatic rings. The summed E-state index contributed by atoms with van der Waals surface area (Å²) in [7, 11) is -8.78. The van der Waals surface area contributed by atoms with Crippen LogP contribution in [0.15, 0.2) is 42.5 Å². The molecule has 15 nitrogen and oxygen atoms in total. The van der Waals surface area contributed by atoms with Gasteiger partial charge in [-0.25, -0.2) is 30.6 Å². The van der Waals surface area contributed by atoms with Crippen LogP contribution in [-0.2, 0) is 65.9 Å². The van der Waals surface area contributed by atoms with Gasteiger partial charge in [0.15, 0.2) is 21.3 Å². The van der Waals surface area contributed by atoms with Crippen molar-refractivity contribution in [3.8, 4) is 23.0 Å². The first-order valence-electron chi connectivity index (χ1n) is 21.2. The number of anilines is 1. The number of carbonyl (C=O) groups excluding carboxylic acids is 2. The highest BCUT2D eigenvalue weighted by molar-refractivity contribution is 7.93. The van der Waals surface area contributed by atoms with Crippen LogP contribution >= 0.6 is 11.6 Å². The quantitative estimate of drug-likeness (QED) is 0.0885. The Labute approximate surface area is 406 Å². The number of sulfonamides is 1. The summed E-state index contributed by atoms with van der Waals surface area (Å²) in [6, 6.07) is 4.60. The van der Waals surface area contributed by atoms with E-state index in [1.54, 1.807) is 0 Å². The third-order valence-corrected chi connectivity index (χ3v) is 15.7. The number of amides is 2. The second-order valence-corrected chi connectivity index (χ2v) is 23.0. The first-order chi connectivity index (χ1) is 33.1. The number of fused-ring (bicyclic) bond motifs is 4. The molecule has 5 aromatic rings. The molecule has 0 radical (unpaired) electrons. The first kappa shape index (κ1) is 52.1. The maximum atomic E-state index is 15.6. The number of aliphatic carboxylic acids is 1. The molecule has 1 unspecified atom stereocenters. The lowest BCUT2D eigenvalue weighted by Crippen LogP contribution is -2.38. The molecule has 3 aliphatic carbocycles. The number of carboxylic acid groups (broad SMARTS) is 1. The van der Waals surface area contributed by atoms with Gasteiger partial charge in [-0.1, -0.05) is 23.6 Å². The Balaban J connectivity index is 1.36. The molecule has 384 valence electrons. The van der Waals surface area contributed by atoms with Crippen molar-refractivity contribution in [2.75, 3.05) is 16.8 Å². The lowest BCUT2D eigenvalue weighted by Gasteiger charge is -2.23. The zero-order valence-corrected chi connectivity index (χ0v) is 39.8. The predicted molar refractivity (Wildman–Crippen MR) is 234 cm³/mol. The highest BCUT2D eigenvalue weighted by Crippen LogP contribution is 2.68. The second kappa shape index (κ2) is 17.5. The van der Waals surface area contributed by atoms with E-state index in [2.05, 4.69) is 32.3 Å². The van der Waals surface area contributed by atoms with E-state index < -0.39 is 171 Å². The number of halogens is 11. The number of carboxylic acids is 1. The number of rotatable bonds is 13. The van der Waals surface area contributed by atoms with Crippen molar-refractivity contribution in [2.45, 2.75) is 81.2 Å². The third-order valence-electron chi connectivity index (χ3n) is 12.5. The Kier molecular flexibility index (Phi) is 12.6. The van der Waals surface area contributed by atoms with E-state index in [-0.39, 0.29) is 43.3 Å². The van der Waals surface area contributed by atoms with Gasteiger partial charge in [-0.3, -0.25) is 23.7 Å². The number of pyridine rings is 1. The molecule has 2 aromatic carbocycles. The number of aromatic nitrogens is 5. The van der Waals surface area contributed by atoms with Crippen LogP contribution in [0.2, 0.25) is 5.02 Å². The molecule has 2 saturated carbocycles. The maximum Gasteiger partial charge on any atom is 0.435 e. The second-order valence-electron chi connectivity index (χ2n) is 18.2. The summed E-state index contributed by atoms with van der Waals surface area (Å²) in [6.45, 7) is -0.881. The van der Waals surface area contributed by atoms with E-state index in [0.717, 1.165) is 42.7 Å². The van der Waals surface area contributed by atoms with Gasteiger partial charge >= 0.3 is 18.3 Å². The van der Waals surface area contributed by atoms with E-state index in [0.29, 0.717) is 12.3 Å². The standard InChI is InChI=1S/C44H36ClF10N7O8S2/c1-41(2,71(3,67)68)10-9-22-5-6-23(24-7-8-29(45)33-35(24)61(18-42(48,49)50)59-38(33)62(72(4,69)70)39(64)25-15-26(25)40(65)66)34(56-22)30(13-19-11-20(46)14-21(47)12-19)57-31(63)17-60-37-32(36(58-60)44(53,54)55)27-16-28(27)43(37,51)52/h5-8,11-12,14,25-28,30H,13,15-18H2,1-4H3,(H,57,63)(H,65,66)/t25-,26-,27+,28-,30?/m1/s1. The molecule has 0 saturated heterocycles. The Bertz CT molecular complexity index is 3420. The van der Waals surface area contributed by atoms with Crippen LogP contribution in [0.5, 0.6) is 0 Å². The minimum Gasteiger partial charge on any atom is -0.481 e. The molecule has 2 amide bonds. The van der Waals surface area contributed by atoms with Gasteiger partial charge in [0.25, 0.3) is 5.92 Å². The summed E-state index contributed by atoms with van der Waals surface area (Å²) < 4.78 is 198. The molecular weight excluding hydrogens is 1040 g/mol. The molecule has 2 N–H and O–H groups in total. The molecule has 8 rings (SSSR count). The molecular formula is C44H36ClF10N7O8S2. The van der Waals surface area contributed by atoms with Crippen molar-refractivity contribution in [1.82, 2.24) is 29.9 Å². The highest BCUT2D eigenvalue weighted by atomic mass is 35.5.